The van der Waals surface area contributed by atoms with Crippen LogP contribution in [0.1, 0.15) is 52.9 Å². The Balaban J connectivity index is 4.20. The fourth-order valence-corrected chi connectivity index (χ4v) is 2.63. The Labute approximate surface area is 117 Å². The average molecular weight is 300 g/mol. The van der Waals surface area contributed by atoms with Crippen LogP contribution >= 0.6 is 11.8 Å². The van der Waals surface area contributed by atoms with Crippen LogP contribution in [0.2, 0.25) is 0 Å². The Morgan fingerprint density at radius 3 is 2.37 bits per heavy atom. The number of carbonyl (C=O) groups is 1. The second kappa shape index (κ2) is 9.50. The van der Waals surface area contributed by atoms with E-state index in [1.54, 1.807) is 13.8 Å². The predicted molar refractivity (Wildman–Crippen MR) is 72.3 cm³/mol. The van der Waals surface area contributed by atoms with E-state index in [4.69, 9.17) is 4.74 Å². The third-order valence-electron chi connectivity index (χ3n) is 2.39. The van der Waals surface area contributed by atoms with Crippen LogP contribution in [0.25, 0.3) is 0 Å². The molecule has 19 heavy (non-hydrogen) atoms. The first-order valence-electron chi connectivity index (χ1n) is 6.65. The SMILES string of the molecule is CCCCCC(SCCC(F)(F)F)C(=O)OC(C)C. The number of halogens is 3. The van der Waals surface area contributed by atoms with E-state index in [2.05, 4.69) is 0 Å². The third kappa shape index (κ3) is 11.2. The molecule has 2 nitrogen and oxygen atoms in total. The summed E-state index contributed by atoms with van der Waals surface area (Å²) in [4.78, 5) is 11.8. The quantitative estimate of drug-likeness (QED) is 0.461. The Kier molecular flexibility index (Phi) is 9.31. The maximum atomic E-state index is 12.1. The zero-order valence-electron chi connectivity index (χ0n) is 11.8. The minimum Gasteiger partial charge on any atom is -0.462 e. The first-order chi connectivity index (χ1) is 8.76. The van der Waals surface area contributed by atoms with Gasteiger partial charge >= 0.3 is 12.1 Å². The number of ether oxygens (including phenoxy) is 1. The van der Waals surface area contributed by atoms with Crippen LogP contribution in [-0.2, 0) is 9.53 Å². The molecule has 0 aliphatic heterocycles. The highest BCUT2D eigenvalue weighted by Crippen LogP contribution is 2.26. The van der Waals surface area contributed by atoms with Crippen molar-refractivity contribution in [2.75, 3.05) is 5.75 Å². The number of hydrogen-bond donors (Lipinski definition) is 0. The Bertz CT molecular complexity index is 255. The normalized spacial score (nSPS) is 13.6. The monoisotopic (exact) mass is 300 g/mol. The smallest absolute Gasteiger partial charge is 0.389 e. The van der Waals surface area contributed by atoms with Crippen molar-refractivity contribution in [3.63, 3.8) is 0 Å². The van der Waals surface area contributed by atoms with Crippen molar-refractivity contribution in [2.45, 2.75) is 70.4 Å². The Morgan fingerprint density at radius 1 is 1.26 bits per heavy atom. The standard InChI is InChI=1S/C13H23F3O2S/c1-4-5-6-7-11(12(17)18-10(2)3)19-9-8-13(14,15)16/h10-11H,4-9H2,1-3H3. The molecule has 0 saturated heterocycles. The molecule has 0 aromatic carbocycles. The van der Waals surface area contributed by atoms with E-state index in [0.717, 1.165) is 31.0 Å². The van der Waals surface area contributed by atoms with Crippen LogP contribution in [0, 0.1) is 0 Å². The van der Waals surface area contributed by atoms with E-state index >= 15 is 0 Å². The molecule has 114 valence electrons. The molecule has 0 rings (SSSR count). The average Bonchev–Trinajstić information content (AvgIpc) is 2.24. The molecule has 0 aliphatic carbocycles. The number of thioether (sulfide) groups is 1. The van der Waals surface area contributed by atoms with Crippen molar-refractivity contribution in [1.29, 1.82) is 0 Å². The van der Waals surface area contributed by atoms with E-state index in [1.807, 2.05) is 6.92 Å². The lowest BCUT2D eigenvalue weighted by Gasteiger charge is -2.17. The van der Waals surface area contributed by atoms with Crippen LogP contribution in [0.5, 0.6) is 0 Å². The molecule has 6 heteroatoms. The summed E-state index contributed by atoms with van der Waals surface area (Å²) < 4.78 is 41.4. The minimum atomic E-state index is -4.16. The van der Waals surface area contributed by atoms with Gasteiger partial charge in [0, 0.05) is 5.75 Å². The summed E-state index contributed by atoms with van der Waals surface area (Å²) in [5.41, 5.74) is 0. The Morgan fingerprint density at radius 2 is 1.89 bits per heavy atom. The first kappa shape index (κ1) is 18.6. The zero-order chi connectivity index (χ0) is 14.9. The van der Waals surface area contributed by atoms with Gasteiger partial charge in [-0.2, -0.15) is 13.2 Å². The summed E-state index contributed by atoms with van der Waals surface area (Å²) in [6, 6.07) is 0. The highest BCUT2D eigenvalue weighted by Gasteiger charge is 2.28. The van der Waals surface area contributed by atoms with E-state index in [9.17, 15) is 18.0 Å². The zero-order valence-corrected chi connectivity index (χ0v) is 12.6. The molecule has 0 aromatic rings. The van der Waals surface area contributed by atoms with Crippen molar-refractivity contribution in [2.24, 2.45) is 0 Å². The number of rotatable bonds is 9. The van der Waals surface area contributed by atoms with Gasteiger partial charge < -0.3 is 4.74 Å². The lowest BCUT2D eigenvalue weighted by Crippen LogP contribution is -2.24. The third-order valence-corrected chi connectivity index (χ3v) is 3.66. The van der Waals surface area contributed by atoms with Gasteiger partial charge in [-0.1, -0.05) is 26.2 Å². The fourth-order valence-electron chi connectivity index (χ4n) is 1.47. The van der Waals surface area contributed by atoms with Gasteiger partial charge in [0.05, 0.1) is 12.5 Å². The van der Waals surface area contributed by atoms with Gasteiger partial charge in [0.25, 0.3) is 0 Å². The van der Waals surface area contributed by atoms with E-state index in [1.165, 1.54) is 0 Å². The number of esters is 1. The summed E-state index contributed by atoms with van der Waals surface area (Å²) in [7, 11) is 0. The van der Waals surface area contributed by atoms with E-state index in [-0.39, 0.29) is 11.9 Å². The molecule has 0 N–H and O–H groups in total. The molecule has 1 unspecified atom stereocenters. The summed E-state index contributed by atoms with van der Waals surface area (Å²) in [6.45, 7) is 5.51. The molecule has 1 atom stereocenters. The summed E-state index contributed by atoms with van der Waals surface area (Å²) >= 11 is 1.05. The molecule has 0 heterocycles. The minimum absolute atomic E-state index is 0.0898. The van der Waals surface area contributed by atoms with Gasteiger partial charge in [-0.15, -0.1) is 11.8 Å². The molecule has 0 aliphatic rings. The highest BCUT2D eigenvalue weighted by molar-refractivity contribution is 8.00. The molecule has 0 bridgehead atoms. The molecule has 0 fully saturated rings. The van der Waals surface area contributed by atoms with E-state index in [0.29, 0.717) is 6.42 Å². The van der Waals surface area contributed by atoms with Crippen LogP contribution in [0.4, 0.5) is 13.2 Å². The van der Waals surface area contributed by atoms with Crippen molar-refractivity contribution in [3.8, 4) is 0 Å². The summed E-state index contributed by atoms with van der Waals surface area (Å²) in [5, 5.41) is -0.476. The summed E-state index contributed by atoms with van der Waals surface area (Å²) in [5.74, 6) is -0.480. The number of alkyl halides is 3. The van der Waals surface area contributed by atoms with Crippen molar-refractivity contribution in [1.82, 2.24) is 0 Å². The van der Waals surface area contributed by atoms with E-state index < -0.39 is 23.8 Å². The lowest BCUT2D eigenvalue weighted by molar-refractivity contribution is -0.147. The second-order valence-electron chi connectivity index (χ2n) is 4.71. The lowest BCUT2D eigenvalue weighted by atomic mass is 10.1. The first-order valence-corrected chi connectivity index (χ1v) is 7.70. The van der Waals surface area contributed by atoms with Gasteiger partial charge in [0.1, 0.15) is 5.25 Å². The molecule has 0 amide bonds. The predicted octanol–water partition coefficient (Wildman–Crippen LogP) is 4.57. The maximum absolute atomic E-state index is 12.1. The topological polar surface area (TPSA) is 26.3 Å². The van der Waals surface area contributed by atoms with Crippen LogP contribution in [0.3, 0.4) is 0 Å². The maximum Gasteiger partial charge on any atom is 0.389 e. The largest absolute Gasteiger partial charge is 0.462 e. The van der Waals surface area contributed by atoms with Crippen molar-refractivity contribution in [3.05, 3.63) is 0 Å². The van der Waals surface area contributed by atoms with Gasteiger partial charge in [-0.3, -0.25) is 4.79 Å². The molecule has 0 saturated carbocycles. The molecule has 0 aromatic heterocycles. The molecular weight excluding hydrogens is 277 g/mol. The molecular formula is C13H23F3O2S. The molecule has 0 radical (unpaired) electrons. The highest BCUT2D eigenvalue weighted by atomic mass is 32.2. The van der Waals surface area contributed by atoms with Gasteiger partial charge in [-0.05, 0) is 20.3 Å². The number of unbranched alkanes of at least 4 members (excludes halogenated alkanes) is 2. The second-order valence-corrected chi connectivity index (χ2v) is 6.02. The van der Waals surface area contributed by atoms with Crippen molar-refractivity contribution < 1.29 is 22.7 Å². The van der Waals surface area contributed by atoms with Crippen LogP contribution < -0.4 is 0 Å². The van der Waals surface area contributed by atoms with Gasteiger partial charge in [0.2, 0.25) is 0 Å². The fraction of sp³-hybridized carbons (Fsp3) is 0.923. The van der Waals surface area contributed by atoms with Gasteiger partial charge in [0.15, 0.2) is 0 Å². The molecule has 0 spiro atoms. The van der Waals surface area contributed by atoms with Gasteiger partial charge in [-0.25, -0.2) is 0 Å². The Hall–Kier alpha value is -0.390. The number of carbonyl (C=O) groups excluding carboxylic acids is 1. The number of hydrogen-bond acceptors (Lipinski definition) is 3. The summed E-state index contributed by atoms with van der Waals surface area (Å²) in [6.07, 6.45) is -1.84. The van der Waals surface area contributed by atoms with Crippen molar-refractivity contribution >= 4 is 17.7 Å². The van der Waals surface area contributed by atoms with Crippen LogP contribution in [-0.4, -0.2) is 29.3 Å². The van der Waals surface area contributed by atoms with Crippen LogP contribution in [0.15, 0.2) is 0 Å².